The molecule has 1 saturated heterocycles. The van der Waals surface area contributed by atoms with Gasteiger partial charge >= 0.3 is 0 Å². The summed E-state index contributed by atoms with van der Waals surface area (Å²) in [7, 11) is 0. The van der Waals surface area contributed by atoms with Crippen LogP contribution in [0.3, 0.4) is 0 Å². The molecule has 1 fully saturated rings. The number of amides is 1. The van der Waals surface area contributed by atoms with E-state index in [0.29, 0.717) is 18.2 Å². The smallest absolute Gasteiger partial charge is 0.289 e. The van der Waals surface area contributed by atoms with Gasteiger partial charge in [-0.15, -0.1) is 0 Å². The number of furan rings is 1. The monoisotopic (exact) mass is 240 g/mol. The van der Waals surface area contributed by atoms with Gasteiger partial charge in [-0.1, -0.05) is 11.8 Å². The van der Waals surface area contributed by atoms with Crippen LogP contribution >= 0.6 is 11.8 Å². The summed E-state index contributed by atoms with van der Waals surface area (Å²) in [5.74, 6) is 0.859. The van der Waals surface area contributed by atoms with E-state index in [9.17, 15) is 4.79 Å². The molecule has 5 heteroatoms. The molecule has 4 nitrogen and oxygen atoms in total. The van der Waals surface area contributed by atoms with Crippen molar-refractivity contribution in [3.63, 3.8) is 0 Å². The van der Waals surface area contributed by atoms with Crippen LogP contribution in [-0.4, -0.2) is 36.7 Å². The first kappa shape index (κ1) is 11.5. The van der Waals surface area contributed by atoms with Crippen LogP contribution in [0.4, 0.5) is 0 Å². The highest BCUT2D eigenvalue weighted by molar-refractivity contribution is 7.98. The third-order valence-corrected chi connectivity index (χ3v) is 3.52. The maximum atomic E-state index is 12.0. The number of carbonyl (C=O) groups is 1. The van der Waals surface area contributed by atoms with Crippen LogP contribution in [0.2, 0.25) is 0 Å². The lowest BCUT2D eigenvalue weighted by molar-refractivity contribution is 0.0750. The molecule has 2 N–H and O–H groups in total. The van der Waals surface area contributed by atoms with Gasteiger partial charge in [0.15, 0.2) is 10.9 Å². The van der Waals surface area contributed by atoms with Crippen LogP contribution in [0.25, 0.3) is 0 Å². The lowest BCUT2D eigenvalue weighted by Crippen LogP contribution is -2.29. The van der Waals surface area contributed by atoms with Crippen molar-refractivity contribution in [3.8, 4) is 0 Å². The molecule has 0 bridgehead atoms. The normalized spacial score (nSPS) is 20.4. The fraction of sp³-hybridized carbons (Fsp3) is 0.545. The van der Waals surface area contributed by atoms with Gasteiger partial charge in [0.25, 0.3) is 5.91 Å². The minimum Gasteiger partial charge on any atom is -0.445 e. The number of hydrogen-bond donors (Lipinski definition) is 1. The average Bonchev–Trinajstić information content (AvgIpc) is 2.97. The molecule has 2 heterocycles. The Morgan fingerprint density at radius 1 is 1.69 bits per heavy atom. The predicted octanol–water partition coefficient (Wildman–Crippen LogP) is 1.42. The highest BCUT2D eigenvalue weighted by Gasteiger charge is 2.27. The van der Waals surface area contributed by atoms with Crippen LogP contribution in [0.5, 0.6) is 0 Å². The summed E-state index contributed by atoms with van der Waals surface area (Å²) < 4.78 is 5.42. The zero-order chi connectivity index (χ0) is 11.5. The number of nitrogens with zero attached hydrogens (tertiary/aromatic N) is 1. The molecule has 1 aromatic rings. The van der Waals surface area contributed by atoms with E-state index in [1.807, 2.05) is 17.2 Å². The van der Waals surface area contributed by atoms with Crippen LogP contribution < -0.4 is 5.73 Å². The van der Waals surface area contributed by atoms with Crippen molar-refractivity contribution < 1.29 is 9.21 Å². The Morgan fingerprint density at radius 2 is 2.50 bits per heavy atom. The summed E-state index contributed by atoms with van der Waals surface area (Å²) >= 11 is 1.50. The van der Waals surface area contributed by atoms with Crippen molar-refractivity contribution in [3.05, 3.63) is 17.9 Å². The van der Waals surface area contributed by atoms with Crippen molar-refractivity contribution in [1.29, 1.82) is 0 Å². The van der Waals surface area contributed by atoms with Gasteiger partial charge in [-0.05, 0) is 37.3 Å². The maximum absolute atomic E-state index is 12.0. The lowest BCUT2D eigenvalue weighted by atomic mass is 10.1. The largest absolute Gasteiger partial charge is 0.445 e. The van der Waals surface area contributed by atoms with Gasteiger partial charge in [0.2, 0.25) is 0 Å². The van der Waals surface area contributed by atoms with E-state index in [1.54, 1.807) is 6.07 Å². The molecule has 0 aliphatic carbocycles. The zero-order valence-electron chi connectivity index (χ0n) is 9.31. The molecular weight excluding hydrogens is 224 g/mol. The SMILES string of the molecule is CSc1ccc(C(=O)N2CCC(CN)C2)o1. The highest BCUT2D eigenvalue weighted by atomic mass is 32.2. The van der Waals surface area contributed by atoms with E-state index in [1.165, 1.54) is 11.8 Å². The van der Waals surface area contributed by atoms with Gasteiger partial charge in [-0.2, -0.15) is 0 Å². The molecule has 1 unspecified atom stereocenters. The first-order valence-electron chi connectivity index (χ1n) is 5.37. The van der Waals surface area contributed by atoms with Crippen molar-refractivity contribution in [1.82, 2.24) is 4.90 Å². The topological polar surface area (TPSA) is 59.5 Å². The summed E-state index contributed by atoms with van der Waals surface area (Å²) in [5.41, 5.74) is 5.60. The van der Waals surface area contributed by atoms with Crippen LogP contribution in [-0.2, 0) is 0 Å². The Morgan fingerprint density at radius 3 is 3.06 bits per heavy atom. The van der Waals surface area contributed by atoms with Crippen LogP contribution in [0.1, 0.15) is 17.0 Å². The average molecular weight is 240 g/mol. The Hall–Kier alpha value is -0.940. The predicted molar refractivity (Wildman–Crippen MR) is 63.6 cm³/mol. The molecule has 1 atom stereocenters. The van der Waals surface area contributed by atoms with Gasteiger partial charge in [-0.3, -0.25) is 4.79 Å². The van der Waals surface area contributed by atoms with Gasteiger partial charge in [-0.25, -0.2) is 0 Å². The first-order chi connectivity index (χ1) is 7.74. The Bertz CT molecular complexity index is 378. The summed E-state index contributed by atoms with van der Waals surface area (Å²) in [5, 5.41) is 0.776. The fourth-order valence-corrected chi connectivity index (χ4v) is 2.29. The highest BCUT2D eigenvalue weighted by Crippen LogP contribution is 2.22. The molecule has 2 rings (SSSR count). The van der Waals surface area contributed by atoms with E-state index in [4.69, 9.17) is 10.2 Å². The van der Waals surface area contributed by atoms with Crippen LogP contribution in [0, 0.1) is 5.92 Å². The summed E-state index contributed by atoms with van der Waals surface area (Å²) in [6.45, 7) is 2.19. The Balaban J connectivity index is 2.02. The third kappa shape index (κ3) is 2.25. The second kappa shape index (κ2) is 4.93. The van der Waals surface area contributed by atoms with Crippen molar-refractivity contribution >= 4 is 17.7 Å². The molecule has 0 spiro atoms. The minimum absolute atomic E-state index is 0.0174. The number of rotatable bonds is 3. The zero-order valence-corrected chi connectivity index (χ0v) is 10.1. The van der Waals surface area contributed by atoms with E-state index < -0.39 is 0 Å². The van der Waals surface area contributed by atoms with Gasteiger partial charge in [0, 0.05) is 13.1 Å². The lowest BCUT2D eigenvalue weighted by Gasteiger charge is -2.14. The number of likely N-dealkylation sites (tertiary alicyclic amines) is 1. The molecule has 1 aliphatic heterocycles. The van der Waals surface area contributed by atoms with E-state index in [2.05, 4.69) is 0 Å². The molecule has 1 aromatic heterocycles. The van der Waals surface area contributed by atoms with Gasteiger partial charge in [0.1, 0.15) is 0 Å². The van der Waals surface area contributed by atoms with Gasteiger partial charge in [0.05, 0.1) is 0 Å². The quantitative estimate of drug-likeness (QED) is 0.812. The molecular formula is C11H16N2O2S. The number of nitrogens with two attached hydrogens (primary N) is 1. The fourth-order valence-electron chi connectivity index (χ4n) is 1.91. The summed E-state index contributed by atoms with van der Waals surface area (Å²) in [6, 6.07) is 3.57. The number of thioether (sulfide) groups is 1. The van der Waals surface area contributed by atoms with E-state index >= 15 is 0 Å². The molecule has 0 radical (unpaired) electrons. The van der Waals surface area contributed by atoms with Crippen molar-refractivity contribution in [2.75, 3.05) is 25.9 Å². The van der Waals surface area contributed by atoms with Crippen molar-refractivity contribution in [2.24, 2.45) is 11.7 Å². The first-order valence-corrected chi connectivity index (χ1v) is 6.60. The second-order valence-electron chi connectivity index (χ2n) is 3.96. The molecule has 0 aromatic carbocycles. The van der Waals surface area contributed by atoms with Crippen LogP contribution in [0.15, 0.2) is 21.6 Å². The van der Waals surface area contributed by atoms with Gasteiger partial charge < -0.3 is 15.1 Å². The molecule has 1 amide bonds. The maximum Gasteiger partial charge on any atom is 0.289 e. The van der Waals surface area contributed by atoms with Crippen molar-refractivity contribution in [2.45, 2.75) is 11.5 Å². The number of carbonyl (C=O) groups excluding carboxylic acids is 1. The third-order valence-electron chi connectivity index (χ3n) is 2.90. The Labute approximate surface area is 99.2 Å². The molecule has 88 valence electrons. The molecule has 16 heavy (non-hydrogen) atoms. The number of hydrogen-bond acceptors (Lipinski definition) is 4. The Kier molecular flexibility index (Phi) is 3.56. The summed E-state index contributed by atoms with van der Waals surface area (Å²) in [4.78, 5) is 13.8. The molecule has 1 aliphatic rings. The van der Waals surface area contributed by atoms with E-state index in [-0.39, 0.29) is 5.91 Å². The second-order valence-corrected chi connectivity index (χ2v) is 4.77. The minimum atomic E-state index is -0.0174. The summed E-state index contributed by atoms with van der Waals surface area (Å²) in [6.07, 6.45) is 2.92. The standard InChI is InChI=1S/C11H16N2O2S/c1-16-10-3-2-9(15-10)11(14)13-5-4-8(6-12)7-13/h2-3,8H,4-7,12H2,1H3. The van der Waals surface area contributed by atoms with E-state index in [0.717, 1.165) is 24.6 Å². The molecule has 0 saturated carbocycles.